The quantitative estimate of drug-likeness (QED) is 0.103. The van der Waals surface area contributed by atoms with Crippen molar-refractivity contribution >= 4 is 16.7 Å². The van der Waals surface area contributed by atoms with Crippen molar-refractivity contribution in [1.82, 2.24) is 0 Å². The number of hydrogen-bond donors (Lipinski definition) is 0. The van der Waals surface area contributed by atoms with Crippen molar-refractivity contribution in [1.29, 1.82) is 0 Å². The molecular weight excluding hydrogens is 347 g/mol. The Bertz CT molecular complexity index is 232. The second kappa shape index (κ2) is 20.4. The van der Waals surface area contributed by atoms with Gasteiger partial charge in [0.2, 0.25) is 0 Å². The third-order valence-electron chi connectivity index (χ3n) is 6.40. The Morgan fingerprint density at radius 1 is 0.423 bits per heavy atom. The van der Waals surface area contributed by atoms with E-state index >= 15 is 0 Å². The summed E-state index contributed by atoms with van der Waals surface area (Å²) >= 11 is 0. The Labute approximate surface area is 173 Å². The molecule has 0 aliphatic rings. The second-order valence-corrected chi connectivity index (χ2v) is 20.8. The zero-order valence-corrected chi connectivity index (χ0v) is 22.3. The third-order valence-corrected chi connectivity index (χ3v) is 15.6. The van der Waals surface area contributed by atoms with Crippen LogP contribution >= 0.6 is 6.81 Å². The predicted octanol–water partition coefficient (Wildman–Crippen LogP) is 8.21. The summed E-state index contributed by atoms with van der Waals surface area (Å²) < 4.78 is 0. The van der Waals surface area contributed by atoms with E-state index in [2.05, 4.69) is 20.8 Å². The van der Waals surface area contributed by atoms with Crippen molar-refractivity contribution < 1.29 is 1.43 Å². The molecular formula is C24H56PSi+. The van der Waals surface area contributed by atoms with Gasteiger partial charge in [0.1, 0.15) is 0 Å². The molecule has 0 spiro atoms. The van der Waals surface area contributed by atoms with E-state index in [9.17, 15) is 0 Å². The van der Waals surface area contributed by atoms with Crippen LogP contribution in [0.25, 0.3) is 0 Å². The Kier molecular flexibility index (Phi) is 20.9. The van der Waals surface area contributed by atoms with Gasteiger partial charge in [0.05, 0.1) is 0 Å². The van der Waals surface area contributed by atoms with Crippen LogP contribution < -0.4 is 0 Å². The van der Waals surface area contributed by atoms with Crippen molar-refractivity contribution in [2.75, 3.05) is 18.5 Å². The maximum atomic E-state index is 2.33. The van der Waals surface area contributed by atoms with E-state index in [0.29, 0.717) is 0 Å². The van der Waals surface area contributed by atoms with Crippen LogP contribution in [0.3, 0.4) is 0 Å². The summed E-state index contributed by atoms with van der Waals surface area (Å²) in [7, 11) is 1.57. The van der Waals surface area contributed by atoms with Gasteiger partial charge in [0.15, 0.2) is 0 Å². The molecule has 0 unspecified atom stereocenters. The van der Waals surface area contributed by atoms with Crippen molar-refractivity contribution in [2.45, 2.75) is 136 Å². The van der Waals surface area contributed by atoms with Crippen LogP contribution in [-0.2, 0) is 0 Å². The summed E-state index contributed by atoms with van der Waals surface area (Å²) in [4.78, 5) is 0. The molecule has 0 bridgehead atoms. The smallest absolute Gasteiger partial charge is 1.00 e. The molecule has 0 rings (SSSR count). The van der Waals surface area contributed by atoms with E-state index in [1.807, 2.05) is 0 Å². The van der Waals surface area contributed by atoms with Crippen molar-refractivity contribution in [2.24, 2.45) is 0 Å². The van der Waals surface area contributed by atoms with Gasteiger partial charge in [-0.25, -0.2) is 0 Å². The number of unbranched alkanes of at least 4 members (excludes halogenated alkanes) is 15. The Hall–Kier alpha value is 0.647. The molecule has 0 fully saturated rings. The molecule has 0 aliphatic heterocycles. The zero-order chi connectivity index (χ0) is 19.3. The second-order valence-electron chi connectivity index (χ2n) is 9.36. The maximum absolute atomic E-state index is 2.33. The minimum atomic E-state index is -0.816. The molecule has 0 heterocycles. The van der Waals surface area contributed by atoms with Gasteiger partial charge in [-0.2, -0.15) is 0 Å². The molecule has 0 amide bonds. The van der Waals surface area contributed by atoms with E-state index in [-0.39, 0.29) is 1.43 Å². The van der Waals surface area contributed by atoms with Crippen LogP contribution in [0.1, 0.15) is 138 Å². The van der Waals surface area contributed by atoms with E-state index < -0.39 is 6.81 Å². The molecule has 0 N–H and O–H groups in total. The molecule has 0 aromatic heterocycles. The predicted molar refractivity (Wildman–Crippen MR) is 134 cm³/mol. The van der Waals surface area contributed by atoms with Gasteiger partial charge >= 0.3 is 173 Å². The summed E-state index contributed by atoms with van der Waals surface area (Å²) in [6, 6.07) is 0. The molecule has 0 nitrogen and oxygen atoms in total. The van der Waals surface area contributed by atoms with Crippen LogP contribution in [0.4, 0.5) is 0 Å². The first-order valence-electron chi connectivity index (χ1n) is 12.7. The van der Waals surface area contributed by atoms with Crippen LogP contribution in [0.15, 0.2) is 0 Å². The molecule has 0 aromatic rings. The van der Waals surface area contributed by atoms with Gasteiger partial charge in [-0.1, -0.05) is 0 Å². The van der Waals surface area contributed by atoms with Gasteiger partial charge in [0.25, 0.3) is 0 Å². The first kappa shape index (κ1) is 26.6. The molecule has 2 heteroatoms. The molecule has 0 saturated heterocycles. The Morgan fingerprint density at radius 3 is 0.923 bits per heavy atom. The first-order valence-corrected chi connectivity index (χ1v) is 18.8. The normalized spacial score (nSPS) is 12.7. The van der Waals surface area contributed by atoms with Gasteiger partial charge in [-0.15, -0.1) is 0 Å². The maximum Gasteiger partial charge on any atom is 1.00 e. The fourth-order valence-electron chi connectivity index (χ4n) is 4.37. The Morgan fingerprint density at radius 2 is 0.654 bits per heavy atom. The average molecular weight is 404 g/mol. The standard InChI is InChI=1S/C24H55PSi/c1-4-7-10-13-16-19-22-25(26,23-20-17-14-11-8-5-2)24-21-18-15-12-9-6-3/h25H,4-24H2,1-3,26H3/p+1. The number of rotatable bonds is 21. The minimum Gasteiger partial charge on any atom is 1.00 e. The topological polar surface area (TPSA) is 0 Å². The summed E-state index contributed by atoms with van der Waals surface area (Å²) in [5.74, 6) is 0. The fraction of sp³-hybridized carbons (Fsp3) is 1.00. The van der Waals surface area contributed by atoms with E-state index in [0.717, 1.165) is 0 Å². The third kappa shape index (κ3) is 18.0. The van der Waals surface area contributed by atoms with Crippen molar-refractivity contribution in [3.63, 3.8) is 0 Å². The molecule has 0 saturated carbocycles. The van der Waals surface area contributed by atoms with E-state index in [1.165, 1.54) is 96.3 Å². The van der Waals surface area contributed by atoms with Crippen molar-refractivity contribution in [3.8, 4) is 0 Å². The van der Waals surface area contributed by atoms with Crippen molar-refractivity contribution in [3.05, 3.63) is 0 Å². The molecule has 0 aliphatic carbocycles. The van der Waals surface area contributed by atoms with Gasteiger partial charge in [-0.3, -0.25) is 0 Å². The SMILES string of the molecule is CCCCCCCC[PH]([SiH3])(CCCCCCCC)CCCCCCCC.[H+]. The Balaban J connectivity index is 0. The largest absolute Gasteiger partial charge is 1.00 e. The zero-order valence-electron chi connectivity index (χ0n) is 20.3. The molecule has 0 radical (unpaired) electrons. The van der Waals surface area contributed by atoms with E-state index in [1.54, 1.807) is 47.7 Å². The van der Waals surface area contributed by atoms with Crippen LogP contribution in [0, 0.1) is 0 Å². The fourth-order valence-corrected chi connectivity index (χ4v) is 11.6. The first-order chi connectivity index (χ1) is 12.7. The van der Waals surface area contributed by atoms with Gasteiger partial charge < -0.3 is 0 Å². The van der Waals surface area contributed by atoms with Crippen LogP contribution in [-0.4, -0.2) is 28.4 Å². The van der Waals surface area contributed by atoms with Crippen LogP contribution in [0.5, 0.6) is 0 Å². The average Bonchev–Trinajstić information content (AvgIpc) is 2.64. The molecule has 26 heavy (non-hydrogen) atoms. The minimum absolute atomic E-state index is 0. The summed E-state index contributed by atoms with van der Waals surface area (Å²) in [6.45, 7) is 6.17. The van der Waals surface area contributed by atoms with Gasteiger partial charge in [-0.05, 0) is 0 Å². The van der Waals surface area contributed by atoms with Gasteiger partial charge in [0, 0.05) is 0 Å². The monoisotopic (exact) mass is 403 g/mol. The molecule has 160 valence electrons. The summed E-state index contributed by atoms with van der Waals surface area (Å²) in [5.41, 5.74) is 0. The summed E-state index contributed by atoms with van der Waals surface area (Å²) in [6.07, 6.45) is 31.9. The van der Waals surface area contributed by atoms with Crippen LogP contribution in [0.2, 0.25) is 0 Å². The molecule has 0 aromatic carbocycles. The van der Waals surface area contributed by atoms with E-state index in [4.69, 9.17) is 0 Å². The molecule has 0 atom stereocenters. The summed E-state index contributed by atoms with van der Waals surface area (Å²) in [5, 5.41) is 0. The number of hydrogen-bond acceptors (Lipinski definition) is 0.